The van der Waals surface area contributed by atoms with E-state index >= 15 is 0 Å². The minimum atomic E-state index is -4.73. The van der Waals surface area contributed by atoms with Crippen LogP contribution in [0.25, 0.3) is 0 Å². The monoisotopic (exact) mass is 453 g/mol. The van der Waals surface area contributed by atoms with Crippen molar-refractivity contribution in [2.45, 2.75) is 38.9 Å². The number of amides is 1. The van der Waals surface area contributed by atoms with Crippen LogP contribution in [-0.2, 0) is 16.2 Å². The molecule has 1 aliphatic rings. The highest BCUT2D eigenvalue weighted by Gasteiger charge is 2.32. The van der Waals surface area contributed by atoms with E-state index in [2.05, 4.69) is 10.0 Å². The summed E-state index contributed by atoms with van der Waals surface area (Å²) in [6.07, 6.45) is -3.30. The van der Waals surface area contributed by atoms with Crippen LogP contribution in [0.3, 0.4) is 0 Å². The minimum absolute atomic E-state index is 0.00763. The summed E-state index contributed by atoms with van der Waals surface area (Å²) >= 11 is 0. The second kappa shape index (κ2) is 10.1. The second-order valence-electron chi connectivity index (χ2n) is 7.81. The molecule has 0 saturated carbocycles. The Morgan fingerprint density at radius 3 is 2.40 bits per heavy atom. The first-order chi connectivity index (χ1) is 13.9. The summed E-state index contributed by atoms with van der Waals surface area (Å²) in [7, 11) is -3.32. The fourth-order valence-corrected chi connectivity index (χ4v) is 4.64. The lowest BCUT2D eigenvalue weighted by Crippen LogP contribution is -2.42. The van der Waals surface area contributed by atoms with E-state index in [1.807, 2.05) is 4.90 Å². The number of rotatable bonds is 8. The van der Waals surface area contributed by atoms with E-state index in [4.69, 9.17) is 0 Å². The summed E-state index contributed by atoms with van der Waals surface area (Å²) in [5.74, 6) is -1.75. The Kier molecular flexibility index (Phi) is 8.23. The van der Waals surface area contributed by atoms with Gasteiger partial charge in [0.15, 0.2) is 0 Å². The van der Waals surface area contributed by atoms with Crippen molar-refractivity contribution in [2.24, 2.45) is 5.92 Å². The molecule has 0 spiro atoms. The van der Waals surface area contributed by atoms with Gasteiger partial charge in [0.05, 0.1) is 11.3 Å². The molecule has 0 radical (unpaired) electrons. The Morgan fingerprint density at radius 1 is 1.20 bits per heavy atom. The average Bonchev–Trinajstić information content (AvgIpc) is 2.63. The minimum Gasteiger partial charge on any atom is -0.352 e. The first-order valence-electron chi connectivity index (χ1n) is 9.74. The van der Waals surface area contributed by atoms with Gasteiger partial charge in [-0.3, -0.25) is 4.79 Å². The molecule has 1 aromatic carbocycles. The van der Waals surface area contributed by atoms with Crippen molar-refractivity contribution in [3.63, 3.8) is 0 Å². The quantitative estimate of drug-likeness (QED) is 0.594. The second-order valence-corrected chi connectivity index (χ2v) is 9.69. The SMILES string of the molecule is CC(C)NS(=O)(=O)CCN1CCC(CNC(=O)c2cc(F)cc(C(F)(F)F)c2)CC1. The molecule has 170 valence electrons. The van der Waals surface area contributed by atoms with Crippen LogP contribution in [0.4, 0.5) is 17.6 Å². The van der Waals surface area contributed by atoms with Gasteiger partial charge in [-0.15, -0.1) is 0 Å². The number of likely N-dealkylation sites (tertiary alicyclic amines) is 1. The van der Waals surface area contributed by atoms with Crippen LogP contribution in [0.5, 0.6) is 0 Å². The van der Waals surface area contributed by atoms with Gasteiger partial charge < -0.3 is 10.2 Å². The Hall–Kier alpha value is -1.72. The molecule has 1 saturated heterocycles. The molecule has 0 aliphatic carbocycles. The molecule has 1 amide bonds. The largest absolute Gasteiger partial charge is 0.416 e. The van der Waals surface area contributed by atoms with Crippen molar-refractivity contribution in [2.75, 3.05) is 31.9 Å². The number of hydrogen-bond acceptors (Lipinski definition) is 4. The van der Waals surface area contributed by atoms with Gasteiger partial charge in [-0.05, 0) is 63.9 Å². The van der Waals surface area contributed by atoms with Gasteiger partial charge in [-0.25, -0.2) is 17.5 Å². The van der Waals surface area contributed by atoms with Crippen molar-refractivity contribution >= 4 is 15.9 Å². The number of hydrogen-bond donors (Lipinski definition) is 2. The topological polar surface area (TPSA) is 78.5 Å². The van der Waals surface area contributed by atoms with E-state index in [-0.39, 0.29) is 29.8 Å². The van der Waals surface area contributed by atoms with E-state index in [9.17, 15) is 30.8 Å². The molecule has 30 heavy (non-hydrogen) atoms. The smallest absolute Gasteiger partial charge is 0.352 e. The third kappa shape index (κ3) is 7.84. The Bertz CT molecular complexity index is 836. The zero-order valence-electron chi connectivity index (χ0n) is 16.9. The van der Waals surface area contributed by atoms with Crippen LogP contribution < -0.4 is 10.0 Å². The van der Waals surface area contributed by atoms with E-state index in [0.717, 1.165) is 18.9 Å². The van der Waals surface area contributed by atoms with E-state index in [1.165, 1.54) is 0 Å². The molecule has 2 rings (SSSR count). The van der Waals surface area contributed by atoms with Crippen molar-refractivity contribution in [1.29, 1.82) is 0 Å². The molecule has 0 aromatic heterocycles. The predicted molar refractivity (Wildman–Crippen MR) is 105 cm³/mol. The van der Waals surface area contributed by atoms with E-state index in [0.29, 0.717) is 31.8 Å². The molecular weight excluding hydrogens is 426 g/mol. The number of benzene rings is 1. The van der Waals surface area contributed by atoms with Crippen LogP contribution >= 0.6 is 0 Å². The Morgan fingerprint density at radius 2 is 1.83 bits per heavy atom. The summed E-state index contributed by atoms with van der Waals surface area (Å²) in [4.78, 5) is 14.2. The highest BCUT2D eigenvalue weighted by Crippen LogP contribution is 2.30. The molecule has 1 aromatic rings. The van der Waals surface area contributed by atoms with Gasteiger partial charge >= 0.3 is 6.18 Å². The van der Waals surface area contributed by atoms with Gasteiger partial charge in [-0.2, -0.15) is 13.2 Å². The lowest BCUT2D eigenvalue weighted by Gasteiger charge is -2.32. The van der Waals surface area contributed by atoms with Crippen LogP contribution in [-0.4, -0.2) is 57.2 Å². The average molecular weight is 454 g/mol. The standard InChI is InChI=1S/C19H27F4N3O3S/c1-13(2)25-30(28,29)8-7-26-5-3-14(4-6-26)12-24-18(27)15-9-16(19(21,22)23)11-17(20)10-15/h9-11,13-14,25H,3-8,12H2,1-2H3,(H,24,27). The molecule has 0 unspecified atom stereocenters. The van der Waals surface area contributed by atoms with Crippen LogP contribution in [0.1, 0.15) is 42.6 Å². The summed E-state index contributed by atoms with van der Waals surface area (Å²) < 4.78 is 78.1. The molecule has 1 aliphatic heterocycles. The molecule has 2 N–H and O–H groups in total. The lowest BCUT2D eigenvalue weighted by atomic mass is 9.96. The fourth-order valence-electron chi connectivity index (χ4n) is 3.30. The maximum Gasteiger partial charge on any atom is 0.416 e. The van der Waals surface area contributed by atoms with Gasteiger partial charge in [-0.1, -0.05) is 0 Å². The zero-order chi connectivity index (χ0) is 22.5. The van der Waals surface area contributed by atoms with Crippen LogP contribution in [0.15, 0.2) is 18.2 Å². The van der Waals surface area contributed by atoms with Gasteiger partial charge in [0, 0.05) is 24.7 Å². The molecule has 11 heteroatoms. The van der Waals surface area contributed by atoms with Gasteiger partial charge in [0.1, 0.15) is 5.82 Å². The van der Waals surface area contributed by atoms with Crippen molar-refractivity contribution in [3.8, 4) is 0 Å². The van der Waals surface area contributed by atoms with Crippen molar-refractivity contribution in [3.05, 3.63) is 35.1 Å². The Balaban J connectivity index is 1.80. The highest BCUT2D eigenvalue weighted by molar-refractivity contribution is 7.89. The maximum absolute atomic E-state index is 13.4. The van der Waals surface area contributed by atoms with Gasteiger partial charge in [0.2, 0.25) is 10.0 Å². The fraction of sp³-hybridized carbons (Fsp3) is 0.632. The van der Waals surface area contributed by atoms with Crippen molar-refractivity contribution < 1.29 is 30.8 Å². The maximum atomic E-state index is 13.4. The zero-order valence-corrected chi connectivity index (χ0v) is 17.7. The third-order valence-corrected chi connectivity index (χ3v) is 6.39. The first kappa shape index (κ1) is 24.5. The number of nitrogens with one attached hydrogen (secondary N) is 2. The third-order valence-electron chi connectivity index (χ3n) is 4.84. The molecule has 0 bridgehead atoms. The Labute approximate surface area is 174 Å². The summed E-state index contributed by atoms with van der Waals surface area (Å²) in [5, 5.41) is 2.57. The number of sulfonamides is 1. The number of carbonyl (C=O) groups is 1. The molecule has 1 fully saturated rings. The molecule has 0 atom stereocenters. The number of halogens is 4. The predicted octanol–water partition coefficient (Wildman–Crippen LogP) is 2.61. The van der Waals surface area contributed by atoms with Crippen LogP contribution in [0, 0.1) is 11.7 Å². The van der Waals surface area contributed by atoms with E-state index in [1.54, 1.807) is 13.8 Å². The molecule has 1 heterocycles. The van der Waals surface area contributed by atoms with E-state index < -0.39 is 33.5 Å². The summed E-state index contributed by atoms with van der Waals surface area (Å²) in [5.41, 5.74) is -1.58. The number of piperidine rings is 1. The highest BCUT2D eigenvalue weighted by atomic mass is 32.2. The molecule has 6 nitrogen and oxygen atoms in total. The summed E-state index contributed by atoms with van der Waals surface area (Å²) in [6.45, 7) is 5.50. The number of alkyl halides is 3. The molecular formula is C19H27F4N3O3S. The normalized spacial score (nSPS) is 16.8. The summed E-state index contributed by atoms with van der Waals surface area (Å²) in [6, 6.07) is 1.60. The van der Waals surface area contributed by atoms with Gasteiger partial charge in [0.25, 0.3) is 5.91 Å². The number of carbonyl (C=O) groups excluding carboxylic acids is 1. The van der Waals surface area contributed by atoms with Crippen LogP contribution in [0.2, 0.25) is 0 Å². The van der Waals surface area contributed by atoms with Crippen molar-refractivity contribution in [1.82, 2.24) is 14.9 Å². The number of nitrogens with zero attached hydrogens (tertiary/aromatic N) is 1. The first-order valence-corrected chi connectivity index (χ1v) is 11.4. The lowest BCUT2D eigenvalue weighted by molar-refractivity contribution is -0.137.